The van der Waals surface area contributed by atoms with E-state index in [9.17, 15) is 4.79 Å². The molecule has 0 aliphatic carbocycles. The lowest BCUT2D eigenvalue weighted by atomic mass is 9.95. The summed E-state index contributed by atoms with van der Waals surface area (Å²) in [5.41, 5.74) is 6.97. The van der Waals surface area contributed by atoms with Crippen LogP contribution >= 0.6 is 0 Å². The third kappa shape index (κ3) is 4.00. The number of nitrogens with two attached hydrogens (primary N) is 1. The quantitative estimate of drug-likeness (QED) is 0.708. The molecule has 0 saturated heterocycles. The Labute approximate surface area is 95.5 Å². The first-order valence-electron chi connectivity index (χ1n) is 5.19. The largest absolute Gasteiger partial charge is 0.394 e. The van der Waals surface area contributed by atoms with Crippen LogP contribution in [0.3, 0.4) is 0 Å². The van der Waals surface area contributed by atoms with Gasteiger partial charge in [-0.3, -0.25) is 4.79 Å². The number of aliphatic hydroxyl groups excluding tert-OH is 1. The predicted molar refractivity (Wildman–Crippen MR) is 64.1 cm³/mol. The molecule has 0 aromatic heterocycles. The average molecular weight is 222 g/mol. The van der Waals surface area contributed by atoms with Gasteiger partial charge in [0.1, 0.15) is 0 Å². The van der Waals surface area contributed by atoms with Gasteiger partial charge in [-0.1, -0.05) is 12.1 Å². The minimum Gasteiger partial charge on any atom is -0.394 e. The summed E-state index contributed by atoms with van der Waals surface area (Å²) >= 11 is 0. The van der Waals surface area contributed by atoms with Crippen LogP contribution in [-0.2, 0) is 11.2 Å². The van der Waals surface area contributed by atoms with Crippen LogP contribution < -0.4 is 11.1 Å². The van der Waals surface area contributed by atoms with Crippen LogP contribution in [0.4, 0.5) is 5.69 Å². The highest BCUT2D eigenvalue weighted by atomic mass is 16.3. The monoisotopic (exact) mass is 222 g/mol. The molecule has 4 heteroatoms. The topological polar surface area (TPSA) is 75.4 Å². The Morgan fingerprint density at radius 1 is 1.56 bits per heavy atom. The van der Waals surface area contributed by atoms with E-state index in [1.54, 1.807) is 6.92 Å². The van der Waals surface area contributed by atoms with E-state index in [0.29, 0.717) is 6.42 Å². The van der Waals surface area contributed by atoms with Crippen molar-refractivity contribution in [3.63, 3.8) is 0 Å². The zero-order valence-electron chi connectivity index (χ0n) is 9.66. The lowest BCUT2D eigenvalue weighted by Crippen LogP contribution is -2.42. The second kappa shape index (κ2) is 5.09. The van der Waals surface area contributed by atoms with Crippen molar-refractivity contribution in [3.8, 4) is 0 Å². The number of nitrogens with one attached hydrogen (secondary N) is 1. The number of hydrogen-bond donors (Lipinski definition) is 3. The van der Waals surface area contributed by atoms with Crippen LogP contribution in [0.5, 0.6) is 0 Å². The summed E-state index contributed by atoms with van der Waals surface area (Å²) in [5, 5.41) is 11.8. The Hall–Kier alpha value is -1.39. The van der Waals surface area contributed by atoms with Gasteiger partial charge in [-0.25, -0.2) is 0 Å². The second-order valence-electron chi connectivity index (χ2n) is 4.37. The fourth-order valence-electron chi connectivity index (χ4n) is 1.48. The summed E-state index contributed by atoms with van der Waals surface area (Å²) < 4.78 is 0. The molecule has 4 nitrogen and oxygen atoms in total. The first-order valence-corrected chi connectivity index (χ1v) is 5.19. The third-order valence-electron chi connectivity index (χ3n) is 2.22. The summed E-state index contributed by atoms with van der Waals surface area (Å²) in [6, 6.07) is 7.46. The van der Waals surface area contributed by atoms with Gasteiger partial charge in [0.25, 0.3) is 0 Å². The second-order valence-corrected chi connectivity index (χ2v) is 4.37. The van der Waals surface area contributed by atoms with Crippen molar-refractivity contribution in [1.29, 1.82) is 0 Å². The van der Waals surface area contributed by atoms with Gasteiger partial charge >= 0.3 is 0 Å². The molecule has 1 aromatic carbocycles. The minimum atomic E-state index is -0.630. The maximum atomic E-state index is 10.9. The zero-order chi connectivity index (χ0) is 12.2. The third-order valence-corrected chi connectivity index (χ3v) is 2.22. The fraction of sp³-hybridized carbons (Fsp3) is 0.417. The molecule has 0 spiro atoms. The highest BCUT2D eigenvalue weighted by Crippen LogP contribution is 2.15. The maximum absolute atomic E-state index is 10.9. The lowest BCUT2D eigenvalue weighted by Gasteiger charge is -2.21. The number of benzene rings is 1. The van der Waals surface area contributed by atoms with Crippen LogP contribution in [0.25, 0.3) is 0 Å². The Morgan fingerprint density at radius 3 is 2.81 bits per heavy atom. The summed E-state index contributed by atoms with van der Waals surface area (Å²) in [6.07, 6.45) is 0.566. The van der Waals surface area contributed by atoms with E-state index >= 15 is 0 Å². The molecule has 0 saturated carbocycles. The molecule has 0 heterocycles. The molecule has 4 N–H and O–H groups in total. The summed E-state index contributed by atoms with van der Waals surface area (Å²) in [7, 11) is 0. The molecular formula is C12H18N2O2. The Kier molecular flexibility index (Phi) is 4.04. The van der Waals surface area contributed by atoms with Gasteiger partial charge in [0.2, 0.25) is 5.91 Å². The highest BCUT2D eigenvalue weighted by Gasteiger charge is 2.17. The predicted octanol–water partition coefficient (Wildman–Crippen LogP) is 0.897. The van der Waals surface area contributed by atoms with Crippen LogP contribution in [0, 0.1) is 0 Å². The highest BCUT2D eigenvalue weighted by molar-refractivity contribution is 5.88. The van der Waals surface area contributed by atoms with Crippen LogP contribution in [0.15, 0.2) is 24.3 Å². The van der Waals surface area contributed by atoms with E-state index < -0.39 is 5.54 Å². The molecule has 0 radical (unpaired) electrons. The number of anilines is 1. The van der Waals surface area contributed by atoms with Gasteiger partial charge in [0.05, 0.1) is 6.61 Å². The van der Waals surface area contributed by atoms with Gasteiger partial charge < -0.3 is 16.2 Å². The van der Waals surface area contributed by atoms with Crippen molar-refractivity contribution in [1.82, 2.24) is 0 Å². The molecular weight excluding hydrogens is 204 g/mol. The molecule has 1 rings (SSSR count). The molecule has 0 aliphatic heterocycles. The van der Waals surface area contributed by atoms with E-state index in [0.717, 1.165) is 11.3 Å². The van der Waals surface area contributed by atoms with Crippen molar-refractivity contribution < 1.29 is 9.90 Å². The fourth-order valence-corrected chi connectivity index (χ4v) is 1.48. The SMILES string of the molecule is CC(=O)Nc1cccc(CC(C)(N)CO)c1. The molecule has 1 amide bonds. The van der Waals surface area contributed by atoms with Crippen LogP contribution in [0.2, 0.25) is 0 Å². The minimum absolute atomic E-state index is 0.0721. The summed E-state index contributed by atoms with van der Waals surface area (Å²) in [6.45, 7) is 3.18. The molecule has 1 aromatic rings. The first kappa shape index (κ1) is 12.7. The van der Waals surface area contributed by atoms with Gasteiger partial charge in [-0.2, -0.15) is 0 Å². The van der Waals surface area contributed by atoms with Gasteiger partial charge in [-0.05, 0) is 31.0 Å². The van der Waals surface area contributed by atoms with E-state index in [1.807, 2.05) is 24.3 Å². The number of amides is 1. The molecule has 88 valence electrons. The van der Waals surface area contributed by atoms with E-state index in [4.69, 9.17) is 10.8 Å². The Balaban J connectivity index is 2.78. The van der Waals surface area contributed by atoms with E-state index in [-0.39, 0.29) is 12.5 Å². The van der Waals surface area contributed by atoms with Crippen LogP contribution in [0.1, 0.15) is 19.4 Å². The normalized spacial score (nSPS) is 14.2. The Bertz CT molecular complexity index is 375. The number of rotatable bonds is 4. The smallest absolute Gasteiger partial charge is 0.221 e. The molecule has 1 atom stereocenters. The number of hydrogen-bond acceptors (Lipinski definition) is 3. The number of carbonyl (C=O) groups excluding carboxylic acids is 1. The van der Waals surface area contributed by atoms with Crippen molar-refractivity contribution >= 4 is 11.6 Å². The van der Waals surface area contributed by atoms with Gasteiger partial charge in [0, 0.05) is 18.2 Å². The Morgan fingerprint density at radius 2 is 2.25 bits per heavy atom. The van der Waals surface area contributed by atoms with E-state index in [1.165, 1.54) is 6.92 Å². The first-order chi connectivity index (χ1) is 7.43. The van der Waals surface area contributed by atoms with Gasteiger partial charge in [0.15, 0.2) is 0 Å². The summed E-state index contributed by atoms with van der Waals surface area (Å²) in [4.78, 5) is 10.9. The molecule has 16 heavy (non-hydrogen) atoms. The molecule has 0 bridgehead atoms. The summed E-state index contributed by atoms with van der Waals surface area (Å²) in [5.74, 6) is -0.102. The number of carbonyl (C=O) groups is 1. The standard InChI is InChI=1S/C12H18N2O2/c1-9(16)14-11-5-3-4-10(6-11)7-12(2,13)8-15/h3-6,15H,7-8,13H2,1-2H3,(H,14,16). The lowest BCUT2D eigenvalue weighted by molar-refractivity contribution is -0.114. The number of aliphatic hydroxyl groups is 1. The van der Waals surface area contributed by atoms with Crippen molar-refractivity contribution in [2.75, 3.05) is 11.9 Å². The van der Waals surface area contributed by atoms with Crippen molar-refractivity contribution in [2.45, 2.75) is 25.8 Å². The average Bonchev–Trinajstić information content (AvgIpc) is 2.16. The van der Waals surface area contributed by atoms with Gasteiger partial charge in [-0.15, -0.1) is 0 Å². The molecule has 0 aliphatic rings. The van der Waals surface area contributed by atoms with Crippen molar-refractivity contribution in [2.24, 2.45) is 5.73 Å². The van der Waals surface area contributed by atoms with Crippen LogP contribution in [-0.4, -0.2) is 23.2 Å². The zero-order valence-corrected chi connectivity index (χ0v) is 9.66. The molecule has 1 unspecified atom stereocenters. The molecule has 0 fully saturated rings. The maximum Gasteiger partial charge on any atom is 0.221 e. The van der Waals surface area contributed by atoms with E-state index in [2.05, 4.69) is 5.32 Å². The van der Waals surface area contributed by atoms with Crippen molar-refractivity contribution in [3.05, 3.63) is 29.8 Å².